The number of aliphatic hydroxyl groups excluding tert-OH is 3. The SMILES string of the molecule is C=CCN1C(=O)c2ccc(C(=O)OCC(O)COc3ccc(C(C)(c4ccc(OCC(O)COC(=O)c5ccc6c(c5)C(=O)N(CC=C)C6=O)cc4)c4ccc(OCC(O)COC(=O)c5ccc6c(c5)C(=O)N(CC=C)C6=O)cc4)cc3)cc2C1=O. The van der Waals surface area contributed by atoms with Gasteiger partial charge in [0.1, 0.15) is 75.2 Å². The standard InChI is InChI=1S/C65H57N3O18/c1-5-26-66-56(72)50-23-8-38(29-53(50)59(66)75)62(78)84-35-44(69)32-81-47-17-11-41(12-18-47)65(4,42-13-19-48(20-14-42)82-33-45(70)36-85-63(79)39-9-24-51-54(30-39)60(76)67(27-6-2)57(51)73)43-15-21-49(22-16-43)83-34-46(71)37-86-64(80)40-10-25-52-55(31-40)61(77)68(28-7-3)58(52)74/h5-25,29-31,44-46,69-71H,1-3,26-28,32-37H2,4H3. The summed E-state index contributed by atoms with van der Waals surface area (Å²) < 4.78 is 33.6. The highest BCUT2D eigenvalue weighted by atomic mass is 16.6. The van der Waals surface area contributed by atoms with Crippen LogP contribution in [0, 0.1) is 0 Å². The van der Waals surface area contributed by atoms with Crippen molar-refractivity contribution in [3.8, 4) is 17.2 Å². The quantitative estimate of drug-likeness (QED) is 0.0171. The van der Waals surface area contributed by atoms with Gasteiger partial charge in [0.05, 0.1) is 50.1 Å². The molecule has 3 heterocycles. The second kappa shape index (κ2) is 26.1. The number of hydrogen-bond donors (Lipinski definition) is 3. The molecule has 0 fully saturated rings. The molecule has 0 bridgehead atoms. The van der Waals surface area contributed by atoms with Crippen LogP contribution in [0.1, 0.15) is 117 Å². The van der Waals surface area contributed by atoms with E-state index < -0.39 is 96.9 Å². The Morgan fingerprint density at radius 2 is 0.640 bits per heavy atom. The van der Waals surface area contributed by atoms with Gasteiger partial charge in [-0.3, -0.25) is 43.5 Å². The summed E-state index contributed by atoms with van der Waals surface area (Å²) in [4.78, 5) is 118. The van der Waals surface area contributed by atoms with Crippen LogP contribution in [0.15, 0.2) is 165 Å². The molecule has 0 aromatic heterocycles. The summed E-state index contributed by atoms with van der Waals surface area (Å²) >= 11 is 0. The topological polar surface area (TPSA) is 279 Å². The van der Waals surface area contributed by atoms with E-state index in [0.29, 0.717) is 17.2 Å². The number of aliphatic hydroxyl groups is 3. The van der Waals surface area contributed by atoms with E-state index in [9.17, 15) is 58.5 Å². The molecule has 6 aromatic carbocycles. The fourth-order valence-corrected chi connectivity index (χ4v) is 9.78. The van der Waals surface area contributed by atoms with Crippen LogP contribution in [-0.4, -0.2) is 161 Å². The molecule has 0 spiro atoms. The molecule has 21 nitrogen and oxygen atoms in total. The molecule has 0 saturated heterocycles. The molecule has 6 aromatic rings. The number of imide groups is 3. The van der Waals surface area contributed by atoms with Gasteiger partial charge in [-0.1, -0.05) is 54.6 Å². The second-order valence-electron chi connectivity index (χ2n) is 20.2. The summed E-state index contributed by atoms with van der Waals surface area (Å²) in [5, 5.41) is 32.2. The fourth-order valence-electron chi connectivity index (χ4n) is 9.78. The molecule has 3 N–H and O–H groups in total. The van der Waals surface area contributed by atoms with Crippen molar-refractivity contribution >= 4 is 53.4 Å². The first kappa shape index (κ1) is 60.2. The summed E-state index contributed by atoms with van der Waals surface area (Å²) in [7, 11) is 0. The van der Waals surface area contributed by atoms with E-state index in [4.69, 9.17) is 28.4 Å². The summed E-state index contributed by atoms with van der Waals surface area (Å²) in [5.74, 6) is -4.52. The first-order valence-electron chi connectivity index (χ1n) is 26.9. The number of hydrogen-bond acceptors (Lipinski definition) is 18. The van der Waals surface area contributed by atoms with Crippen molar-refractivity contribution in [2.24, 2.45) is 0 Å². The Kier molecular flexibility index (Phi) is 18.3. The molecule has 3 atom stereocenters. The van der Waals surface area contributed by atoms with Gasteiger partial charge < -0.3 is 43.7 Å². The minimum absolute atomic E-state index is 0.0123. The van der Waals surface area contributed by atoms with E-state index >= 15 is 0 Å². The molecule has 3 unspecified atom stereocenters. The predicted octanol–water partition coefficient (Wildman–Crippen LogP) is 6.18. The van der Waals surface area contributed by atoms with E-state index in [1.54, 1.807) is 36.4 Å². The van der Waals surface area contributed by atoms with Crippen LogP contribution in [0.3, 0.4) is 0 Å². The van der Waals surface area contributed by atoms with Crippen molar-refractivity contribution in [3.63, 3.8) is 0 Å². The van der Waals surface area contributed by atoms with Crippen LogP contribution in [0.25, 0.3) is 0 Å². The Morgan fingerprint density at radius 1 is 0.395 bits per heavy atom. The lowest BCUT2D eigenvalue weighted by atomic mass is 9.71. The smallest absolute Gasteiger partial charge is 0.338 e. The highest BCUT2D eigenvalue weighted by Gasteiger charge is 2.38. The monoisotopic (exact) mass is 1170 g/mol. The van der Waals surface area contributed by atoms with E-state index in [2.05, 4.69) is 19.7 Å². The third kappa shape index (κ3) is 12.6. The van der Waals surface area contributed by atoms with Gasteiger partial charge in [0.25, 0.3) is 35.4 Å². The van der Waals surface area contributed by atoms with Gasteiger partial charge in [0, 0.05) is 25.0 Å². The lowest BCUT2D eigenvalue weighted by molar-refractivity contribution is 0.0127. The van der Waals surface area contributed by atoms with E-state index in [1.807, 2.05) is 43.3 Å². The highest BCUT2D eigenvalue weighted by Crippen LogP contribution is 2.41. The molecule has 0 aliphatic carbocycles. The zero-order chi connectivity index (χ0) is 61.4. The third-order valence-electron chi connectivity index (χ3n) is 14.4. The van der Waals surface area contributed by atoms with Crippen molar-refractivity contribution in [1.82, 2.24) is 14.7 Å². The number of benzene rings is 6. The highest BCUT2D eigenvalue weighted by molar-refractivity contribution is 6.23. The van der Waals surface area contributed by atoms with Crippen molar-refractivity contribution < 1.29 is 86.9 Å². The normalized spacial score (nSPS) is 15.0. The Bertz CT molecular complexity index is 3330. The lowest BCUT2D eigenvalue weighted by Gasteiger charge is -2.32. The molecule has 440 valence electrons. The Balaban J connectivity index is 0.830. The van der Waals surface area contributed by atoms with Crippen LogP contribution >= 0.6 is 0 Å². The number of ether oxygens (including phenoxy) is 6. The number of amides is 6. The van der Waals surface area contributed by atoms with E-state index in [1.165, 1.54) is 72.8 Å². The van der Waals surface area contributed by atoms with Crippen LogP contribution in [-0.2, 0) is 19.6 Å². The number of esters is 3. The number of fused-ring (bicyclic) bond motifs is 3. The van der Waals surface area contributed by atoms with Gasteiger partial charge in [-0.05, 0) is 115 Å². The van der Waals surface area contributed by atoms with Gasteiger partial charge >= 0.3 is 17.9 Å². The van der Waals surface area contributed by atoms with Gasteiger partial charge in [0.15, 0.2) is 0 Å². The first-order chi connectivity index (χ1) is 41.3. The Labute approximate surface area is 492 Å². The molecular formula is C65H57N3O18. The van der Waals surface area contributed by atoms with Gasteiger partial charge in [-0.25, -0.2) is 14.4 Å². The fraction of sp³-hybridized carbons (Fsp3) is 0.215. The Hall–Kier alpha value is -10.4. The van der Waals surface area contributed by atoms with Crippen molar-refractivity contribution in [2.75, 3.05) is 59.3 Å². The maximum Gasteiger partial charge on any atom is 0.338 e. The molecule has 86 heavy (non-hydrogen) atoms. The predicted molar refractivity (Wildman–Crippen MR) is 306 cm³/mol. The van der Waals surface area contributed by atoms with Crippen molar-refractivity contribution in [2.45, 2.75) is 30.7 Å². The second-order valence-corrected chi connectivity index (χ2v) is 20.2. The molecule has 6 amide bonds. The number of carbonyl (C=O) groups excluding carboxylic acids is 9. The molecule has 0 saturated carbocycles. The molecule has 3 aliphatic rings. The Morgan fingerprint density at radius 3 is 0.884 bits per heavy atom. The molecule has 9 rings (SSSR count). The third-order valence-corrected chi connectivity index (χ3v) is 14.4. The molecule has 0 radical (unpaired) electrons. The maximum absolute atomic E-state index is 12.9. The van der Waals surface area contributed by atoms with Crippen LogP contribution in [0.2, 0.25) is 0 Å². The number of rotatable bonds is 27. The summed E-state index contributed by atoms with van der Waals surface area (Å²) in [6.07, 6.45) is 0.496. The summed E-state index contributed by atoms with van der Waals surface area (Å²) in [6.45, 7) is 10.6. The van der Waals surface area contributed by atoms with Crippen LogP contribution in [0.4, 0.5) is 0 Å². The van der Waals surface area contributed by atoms with E-state index in [0.717, 1.165) is 31.4 Å². The largest absolute Gasteiger partial charge is 0.491 e. The van der Waals surface area contributed by atoms with Crippen LogP contribution in [0.5, 0.6) is 17.2 Å². The zero-order valence-corrected chi connectivity index (χ0v) is 46.4. The van der Waals surface area contributed by atoms with Gasteiger partial charge in [-0.15, -0.1) is 19.7 Å². The number of nitrogens with zero attached hydrogens (tertiary/aromatic N) is 3. The lowest BCUT2D eigenvalue weighted by Crippen LogP contribution is -2.29. The van der Waals surface area contributed by atoms with Gasteiger partial charge in [0.2, 0.25) is 0 Å². The van der Waals surface area contributed by atoms with E-state index in [-0.39, 0.29) is 89.5 Å². The summed E-state index contributed by atoms with van der Waals surface area (Å²) in [5.41, 5.74) is 2.13. The average molecular weight is 1170 g/mol. The maximum atomic E-state index is 12.9. The van der Waals surface area contributed by atoms with Crippen molar-refractivity contribution in [3.05, 3.63) is 232 Å². The number of carbonyl (C=O) groups is 9. The average Bonchev–Trinajstić information content (AvgIpc) is 1.70. The first-order valence-corrected chi connectivity index (χ1v) is 26.9. The molecule has 3 aliphatic heterocycles. The van der Waals surface area contributed by atoms with Gasteiger partial charge in [-0.2, -0.15) is 0 Å². The molecule has 21 heteroatoms. The summed E-state index contributed by atoms with van der Waals surface area (Å²) in [6, 6.07) is 33.2. The molecular weight excluding hydrogens is 1110 g/mol. The minimum Gasteiger partial charge on any atom is -0.491 e. The van der Waals surface area contributed by atoms with Crippen molar-refractivity contribution in [1.29, 1.82) is 0 Å². The van der Waals surface area contributed by atoms with Crippen LogP contribution < -0.4 is 14.2 Å². The zero-order valence-electron chi connectivity index (χ0n) is 46.4. The minimum atomic E-state index is -1.25.